The Labute approximate surface area is 590 Å². The topological polar surface area (TPSA) is 283 Å². The van der Waals surface area contributed by atoms with E-state index in [4.69, 9.17) is 49.4 Å². The van der Waals surface area contributed by atoms with Gasteiger partial charge in [0.25, 0.3) is 28.7 Å². The Kier molecular flexibility index (Phi) is 25.2. The van der Waals surface area contributed by atoms with Crippen LogP contribution in [-0.4, -0.2) is 87.8 Å². The van der Waals surface area contributed by atoms with Gasteiger partial charge >= 0.3 is 17.1 Å². The highest BCUT2D eigenvalue weighted by Crippen LogP contribution is 2.26. The SMILES string of the molecule is CCCCn1c(=O)c2c(nc(Br)n2Cc2ccc(Cl)cc2)n(C)c1=O.CCCCn1c(=O)c2c(nc(OCc3ncc(C)s3)n2Cc2ccc(Cl)cc2)n(C)c1=O.Cc1cnc(CO)s1.Cc1cnc(COc2nc3c(c(=O)n(CCCO)c(=O)n3C)n2Cc2ccc(Cl)cc2)s1. The Morgan fingerprint density at radius 1 is 0.454 bits per heavy atom. The minimum atomic E-state index is -0.491. The van der Waals surface area contributed by atoms with Crippen molar-refractivity contribution in [2.45, 2.75) is 126 Å². The second-order valence-corrected chi connectivity index (χ2v) is 28.3. The Hall–Kier alpha value is -8.13. The average molecular weight is 1500 g/mol. The molecule has 2 N–H and O–H groups in total. The van der Waals surface area contributed by atoms with Crippen LogP contribution in [0.5, 0.6) is 12.0 Å². The van der Waals surface area contributed by atoms with Gasteiger partial charge in [0.15, 0.2) is 38.2 Å². The summed E-state index contributed by atoms with van der Waals surface area (Å²) in [5.74, 6) is 0. The number of aliphatic hydroxyl groups excluding tert-OH is 2. The van der Waals surface area contributed by atoms with Crippen LogP contribution in [0.2, 0.25) is 15.1 Å². The highest BCUT2D eigenvalue weighted by Gasteiger charge is 2.25. The number of benzene rings is 3. The smallest absolute Gasteiger partial charge is 0.332 e. The summed E-state index contributed by atoms with van der Waals surface area (Å²) in [7, 11) is 4.83. The molecule has 32 heteroatoms. The van der Waals surface area contributed by atoms with Crippen LogP contribution in [0, 0.1) is 20.8 Å². The molecule has 0 unspecified atom stereocenters. The lowest BCUT2D eigenvalue weighted by atomic mass is 10.2. The normalized spacial score (nSPS) is 11.2. The summed E-state index contributed by atoms with van der Waals surface area (Å²) >= 11 is 26.0. The van der Waals surface area contributed by atoms with Gasteiger partial charge in [-0.25, -0.2) is 34.3 Å². The maximum atomic E-state index is 13.4. The zero-order chi connectivity index (χ0) is 69.8. The first kappa shape index (κ1) is 73.1. The summed E-state index contributed by atoms with van der Waals surface area (Å²) in [6, 6.07) is 22.5. The lowest BCUT2D eigenvalue weighted by molar-refractivity contribution is 0.270. The predicted molar refractivity (Wildman–Crippen MR) is 384 cm³/mol. The number of imidazole rings is 3. The van der Waals surface area contributed by atoms with Crippen LogP contribution in [0.3, 0.4) is 0 Å². The largest absolute Gasteiger partial charge is 0.457 e. The molecule has 0 aliphatic carbocycles. The van der Waals surface area contributed by atoms with Gasteiger partial charge < -0.3 is 24.3 Å². The molecular formula is C65H71BrCl3N15O10S3. The molecule has 0 spiro atoms. The number of hydrogen-bond donors (Lipinski definition) is 2. The van der Waals surface area contributed by atoms with E-state index in [1.807, 2.05) is 71.0 Å². The van der Waals surface area contributed by atoms with Gasteiger partial charge in [0.05, 0.1) is 26.2 Å². The molecule has 0 saturated carbocycles. The lowest BCUT2D eigenvalue weighted by Gasteiger charge is -2.11. The number of thiazole rings is 3. The van der Waals surface area contributed by atoms with Crippen LogP contribution in [0.4, 0.5) is 0 Å². The molecule has 512 valence electrons. The zero-order valence-electron chi connectivity index (χ0n) is 54.4. The van der Waals surface area contributed by atoms with Crippen LogP contribution < -0.4 is 43.2 Å². The maximum Gasteiger partial charge on any atom is 0.332 e. The van der Waals surface area contributed by atoms with E-state index in [0.717, 1.165) is 76.6 Å². The zero-order valence-corrected chi connectivity index (χ0v) is 60.7. The molecule has 3 aromatic carbocycles. The molecule has 0 bridgehead atoms. The van der Waals surface area contributed by atoms with Crippen molar-refractivity contribution in [3.63, 3.8) is 0 Å². The number of rotatable bonds is 22. The summed E-state index contributed by atoms with van der Waals surface area (Å²) < 4.78 is 25.5. The van der Waals surface area contributed by atoms with Crippen molar-refractivity contribution in [2.24, 2.45) is 21.1 Å². The van der Waals surface area contributed by atoms with Gasteiger partial charge in [-0.2, -0.15) is 9.97 Å². The molecule has 12 aromatic rings. The van der Waals surface area contributed by atoms with Gasteiger partial charge in [0.2, 0.25) is 0 Å². The van der Waals surface area contributed by atoms with Gasteiger partial charge in [-0.3, -0.25) is 50.9 Å². The molecule has 97 heavy (non-hydrogen) atoms. The number of aryl methyl sites for hydroxylation is 6. The van der Waals surface area contributed by atoms with Crippen LogP contribution >= 0.6 is 84.7 Å². The molecule has 0 radical (unpaired) electrons. The number of nitrogens with zero attached hydrogens (tertiary/aromatic N) is 15. The van der Waals surface area contributed by atoms with Crippen LogP contribution in [0.1, 0.15) is 92.3 Å². The third-order valence-corrected chi connectivity index (χ3v) is 19.2. The molecule has 12 rings (SSSR count). The molecule has 25 nitrogen and oxygen atoms in total. The van der Waals surface area contributed by atoms with Gasteiger partial charge in [0, 0.05) is 95.7 Å². The second-order valence-electron chi connectivity index (χ2n) is 22.3. The molecule has 0 aliphatic rings. The van der Waals surface area contributed by atoms with Crippen molar-refractivity contribution in [3.8, 4) is 12.0 Å². The van der Waals surface area contributed by atoms with Crippen LogP contribution in [0.25, 0.3) is 33.5 Å². The third kappa shape index (κ3) is 17.4. The molecule has 0 amide bonds. The van der Waals surface area contributed by atoms with Gasteiger partial charge in [0.1, 0.15) is 28.2 Å². The highest BCUT2D eigenvalue weighted by atomic mass is 79.9. The highest BCUT2D eigenvalue weighted by molar-refractivity contribution is 9.10. The lowest BCUT2D eigenvalue weighted by Crippen LogP contribution is -2.39. The number of aliphatic hydroxyl groups is 2. The van der Waals surface area contributed by atoms with Gasteiger partial charge in [-0.1, -0.05) is 97.9 Å². The first-order valence-corrected chi connectivity index (χ1v) is 35.1. The van der Waals surface area contributed by atoms with Crippen LogP contribution in [0.15, 0.2) is 125 Å². The summed E-state index contributed by atoms with van der Waals surface area (Å²) in [6.07, 6.45) is 8.89. The van der Waals surface area contributed by atoms with E-state index in [-0.39, 0.29) is 78.7 Å². The maximum absolute atomic E-state index is 13.4. The monoisotopic (exact) mass is 1500 g/mol. The van der Waals surface area contributed by atoms with Crippen molar-refractivity contribution >= 4 is 118 Å². The predicted octanol–water partition coefficient (Wildman–Crippen LogP) is 10.2. The average Bonchev–Trinajstić information content (AvgIpc) is 1.65. The molecule has 0 atom stereocenters. The van der Waals surface area contributed by atoms with Crippen molar-refractivity contribution < 1.29 is 19.7 Å². The molecule has 0 aliphatic heterocycles. The molecule has 9 aromatic heterocycles. The molecular weight excluding hydrogens is 1430 g/mol. The number of aromatic nitrogens is 15. The Bertz CT molecular complexity index is 4890. The number of ether oxygens (including phenoxy) is 2. The third-order valence-electron chi connectivity index (χ3n) is 15.1. The van der Waals surface area contributed by atoms with Crippen molar-refractivity contribution in [1.29, 1.82) is 0 Å². The second kappa shape index (κ2) is 33.4. The Morgan fingerprint density at radius 3 is 1.08 bits per heavy atom. The van der Waals surface area contributed by atoms with Gasteiger partial charge in [-0.05, 0) is 109 Å². The van der Waals surface area contributed by atoms with E-state index in [2.05, 4.69) is 45.8 Å². The minimum Gasteiger partial charge on any atom is -0.457 e. The Morgan fingerprint density at radius 2 is 0.773 bits per heavy atom. The van der Waals surface area contributed by atoms with E-state index in [1.54, 1.807) is 89.8 Å². The van der Waals surface area contributed by atoms with E-state index >= 15 is 0 Å². The van der Waals surface area contributed by atoms with Gasteiger partial charge in [-0.15, -0.1) is 34.0 Å². The van der Waals surface area contributed by atoms with E-state index in [0.29, 0.717) is 81.3 Å². The molecule has 0 saturated heterocycles. The van der Waals surface area contributed by atoms with Crippen molar-refractivity contribution in [1.82, 2.24) is 71.0 Å². The van der Waals surface area contributed by atoms with E-state index in [9.17, 15) is 33.9 Å². The minimum absolute atomic E-state index is 0.0680. The standard InChI is InChI=1S/C22H24ClN5O3S.C21H22ClN5O4S.C17H18BrClN4O2.C5H7NOS/c1-4-5-10-27-20(29)18-19(26(3)22(27)30)25-21(31-13-17-24-11-14(2)32-17)28(18)12-15-6-8-16(23)9-7-15;1-13-10-23-16(32-13)12-31-20-24-18-17(27(20)11-14-4-6-15(22)7-5-14)19(29)26(8-3-9-28)21(30)25(18)2;1-3-4-9-22-15(24)13-14(21(2)17(22)25)20-16(18)23(13)10-11-5-7-12(19)8-6-11;1-4-2-6-5(3-7)8-4/h6-9,11H,4-5,10,12-13H2,1-3H3;4-7,10,28H,3,8-9,11-12H2,1-2H3;5-8H,3-4,9-10H2,1-2H3;2,7H,3H2,1H3. The summed E-state index contributed by atoms with van der Waals surface area (Å²) in [5, 5.41) is 21.9. The number of fused-ring (bicyclic) bond motifs is 3. The quantitative estimate of drug-likeness (QED) is 0.0597. The molecule has 9 heterocycles. The fourth-order valence-corrected chi connectivity index (χ4v) is 13.0. The molecule has 0 fully saturated rings. The van der Waals surface area contributed by atoms with E-state index < -0.39 is 11.2 Å². The number of hydrogen-bond acceptors (Lipinski definition) is 19. The summed E-state index contributed by atoms with van der Waals surface area (Å²) in [4.78, 5) is 107. The van der Waals surface area contributed by atoms with Crippen molar-refractivity contribution in [3.05, 3.63) is 220 Å². The summed E-state index contributed by atoms with van der Waals surface area (Å²) in [6.45, 7) is 12.3. The fraction of sp³-hybridized carbons (Fsp3) is 0.354. The van der Waals surface area contributed by atoms with Crippen LogP contribution in [-0.2, 0) is 80.2 Å². The number of halogens is 4. The van der Waals surface area contributed by atoms with Crippen molar-refractivity contribution in [2.75, 3.05) is 6.61 Å². The first-order valence-electron chi connectivity index (χ1n) is 30.7. The first-order chi connectivity index (χ1) is 46.5. The summed E-state index contributed by atoms with van der Waals surface area (Å²) in [5.41, 5.74) is 2.37. The van der Waals surface area contributed by atoms with E-state index in [1.165, 1.54) is 56.8 Å². The fourth-order valence-electron chi connectivity index (χ4n) is 10.1. The number of unbranched alkanes of at least 4 members (excludes halogenated alkanes) is 2. The Balaban J connectivity index is 0.000000162.